The number of ether oxygens (including phenoxy) is 1. The molecule has 0 aliphatic rings. The van der Waals surface area contributed by atoms with Crippen molar-refractivity contribution in [2.45, 2.75) is 12.5 Å². The lowest BCUT2D eigenvalue weighted by Gasteiger charge is -2.15. The second kappa shape index (κ2) is 5.98. The minimum absolute atomic E-state index is 0.537. The zero-order valence-corrected chi connectivity index (χ0v) is 11.6. The van der Waals surface area contributed by atoms with Crippen molar-refractivity contribution in [2.24, 2.45) is 0 Å². The molecule has 0 saturated carbocycles. The number of benzene rings is 1. The first-order chi connectivity index (χ1) is 8.70. The van der Waals surface area contributed by atoms with Crippen molar-refractivity contribution >= 4 is 15.9 Å². The third-order valence-electron chi connectivity index (χ3n) is 2.73. The summed E-state index contributed by atoms with van der Waals surface area (Å²) in [6, 6.07) is 9.41. The molecule has 1 unspecified atom stereocenters. The fourth-order valence-electron chi connectivity index (χ4n) is 1.82. The second-order valence-corrected chi connectivity index (χ2v) is 4.88. The van der Waals surface area contributed by atoms with E-state index in [-0.39, 0.29) is 0 Å². The molecule has 1 N–H and O–H groups in total. The molecule has 0 aliphatic heterocycles. The number of aliphatic hydroxyl groups is 1. The lowest BCUT2D eigenvalue weighted by molar-refractivity contribution is 0.174. The van der Waals surface area contributed by atoms with E-state index < -0.39 is 6.10 Å². The number of hydrogen-bond acceptors (Lipinski definition) is 3. The van der Waals surface area contributed by atoms with Gasteiger partial charge in [0, 0.05) is 28.9 Å². The molecule has 0 radical (unpaired) electrons. The van der Waals surface area contributed by atoms with E-state index in [0.29, 0.717) is 12.2 Å². The van der Waals surface area contributed by atoms with Crippen LogP contribution in [0.2, 0.25) is 0 Å². The maximum absolute atomic E-state index is 10.3. The largest absolute Gasteiger partial charge is 0.496 e. The number of halogens is 1. The highest BCUT2D eigenvalue weighted by atomic mass is 79.9. The van der Waals surface area contributed by atoms with Crippen molar-refractivity contribution in [1.82, 2.24) is 4.98 Å². The van der Waals surface area contributed by atoms with E-state index >= 15 is 0 Å². The highest BCUT2D eigenvalue weighted by Gasteiger charge is 2.14. The Morgan fingerprint density at radius 2 is 2.00 bits per heavy atom. The smallest absolute Gasteiger partial charge is 0.124 e. The number of methoxy groups -OCH3 is 1. The predicted octanol–water partition coefficient (Wildman–Crippen LogP) is 3.13. The fraction of sp³-hybridized carbons (Fsp3) is 0.214. The van der Waals surface area contributed by atoms with Gasteiger partial charge in [-0.2, -0.15) is 0 Å². The van der Waals surface area contributed by atoms with Crippen LogP contribution in [-0.4, -0.2) is 17.2 Å². The number of hydrogen-bond donors (Lipinski definition) is 1. The summed E-state index contributed by atoms with van der Waals surface area (Å²) in [6.07, 6.45) is 3.38. The van der Waals surface area contributed by atoms with Crippen molar-refractivity contribution < 1.29 is 9.84 Å². The van der Waals surface area contributed by atoms with Crippen LogP contribution in [0.25, 0.3) is 0 Å². The van der Waals surface area contributed by atoms with Crippen LogP contribution in [0.15, 0.2) is 47.2 Å². The molecule has 0 amide bonds. The molecule has 3 nitrogen and oxygen atoms in total. The number of pyridine rings is 1. The van der Waals surface area contributed by atoms with Crippen LogP contribution in [0.1, 0.15) is 17.2 Å². The van der Waals surface area contributed by atoms with Gasteiger partial charge in [-0.25, -0.2) is 0 Å². The van der Waals surface area contributed by atoms with Gasteiger partial charge in [0.15, 0.2) is 0 Å². The number of aromatic nitrogens is 1. The topological polar surface area (TPSA) is 42.4 Å². The Morgan fingerprint density at radius 1 is 1.28 bits per heavy atom. The number of rotatable bonds is 4. The van der Waals surface area contributed by atoms with Crippen LogP contribution in [0, 0.1) is 0 Å². The van der Waals surface area contributed by atoms with Crippen molar-refractivity contribution in [3.63, 3.8) is 0 Å². The molecule has 1 heterocycles. The van der Waals surface area contributed by atoms with Crippen LogP contribution >= 0.6 is 15.9 Å². The molecule has 0 fully saturated rings. The molecule has 94 valence electrons. The Morgan fingerprint density at radius 3 is 2.67 bits per heavy atom. The van der Waals surface area contributed by atoms with Crippen molar-refractivity contribution in [1.29, 1.82) is 0 Å². The standard InChI is InChI=1S/C14H14BrNO2/c1-18-14-3-2-11(15)9-12(14)13(17)8-10-4-6-16-7-5-10/h2-7,9,13,17H,8H2,1H3. The minimum atomic E-state index is -0.597. The van der Waals surface area contributed by atoms with Gasteiger partial charge in [-0.15, -0.1) is 0 Å². The highest BCUT2D eigenvalue weighted by molar-refractivity contribution is 9.10. The van der Waals surface area contributed by atoms with Gasteiger partial charge < -0.3 is 9.84 Å². The summed E-state index contributed by atoms with van der Waals surface area (Å²) in [7, 11) is 1.60. The summed E-state index contributed by atoms with van der Waals surface area (Å²) in [5.74, 6) is 0.694. The zero-order chi connectivity index (χ0) is 13.0. The average molecular weight is 308 g/mol. The lowest BCUT2D eigenvalue weighted by Crippen LogP contribution is -2.04. The molecule has 0 saturated heterocycles. The molecule has 4 heteroatoms. The molecule has 0 spiro atoms. The molecule has 1 aromatic heterocycles. The number of aliphatic hydroxyl groups excluding tert-OH is 1. The summed E-state index contributed by atoms with van der Waals surface area (Å²) < 4.78 is 6.19. The van der Waals surface area contributed by atoms with Gasteiger partial charge in [-0.3, -0.25) is 4.98 Å². The summed E-state index contributed by atoms with van der Waals surface area (Å²) >= 11 is 3.40. The molecular formula is C14H14BrNO2. The van der Waals surface area contributed by atoms with Crippen molar-refractivity contribution in [2.75, 3.05) is 7.11 Å². The molecule has 18 heavy (non-hydrogen) atoms. The van der Waals surface area contributed by atoms with Crippen LogP contribution in [-0.2, 0) is 6.42 Å². The van der Waals surface area contributed by atoms with E-state index in [1.807, 2.05) is 30.3 Å². The summed E-state index contributed by atoms with van der Waals surface area (Å²) in [4.78, 5) is 3.96. The van der Waals surface area contributed by atoms with Gasteiger partial charge in [0.05, 0.1) is 13.2 Å². The Bertz CT molecular complexity index is 516. The molecule has 1 aromatic carbocycles. The molecule has 1 atom stereocenters. The average Bonchev–Trinajstić information content (AvgIpc) is 2.40. The van der Waals surface area contributed by atoms with E-state index in [2.05, 4.69) is 20.9 Å². The maximum Gasteiger partial charge on any atom is 0.124 e. The van der Waals surface area contributed by atoms with Gasteiger partial charge >= 0.3 is 0 Å². The van der Waals surface area contributed by atoms with Gasteiger partial charge in [-0.1, -0.05) is 15.9 Å². The van der Waals surface area contributed by atoms with Crippen LogP contribution in [0.4, 0.5) is 0 Å². The normalized spacial score (nSPS) is 12.2. The van der Waals surface area contributed by atoms with Gasteiger partial charge in [0.1, 0.15) is 5.75 Å². The SMILES string of the molecule is COc1ccc(Br)cc1C(O)Cc1ccncc1. The Kier molecular flexibility index (Phi) is 4.33. The minimum Gasteiger partial charge on any atom is -0.496 e. The molecular weight excluding hydrogens is 294 g/mol. The summed E-state index contributed by atoms with van der Waals surface area (Å²) in [5, 5.41) is 10.3. The lowest BCUT2D eigenvalue weighted by atomic mass is 10.0. The van der Waals surface area contributed by atoms with Gasteiger partial charge in [-0.05, 0) is 35.9 Å². The van der Waals surface area contributed by atoms with E-state index in [9.17, 15) is 5.11 Å². The number of nitrogens with zero attached hydrogens (tertiary/aromatic N) is 1. The van der Waals surface area contributed by atoms with E-state index in [1.165, 1.54) is 0 Å². The zero-order valence-electron chi connectivity index (χ0n) is 10.0. The molecule has 2 aromatic rings. The first kappa shape index (κ1) is 13.1. The molecule has 2 rings (SSSR count). The predicted molar refractivity (Wildman–Crippen MR) is 73.6 cm³/mol. The first-order valence-electron chi connectivity index (χ1n) is 5.61. The van der Waals surface area contributed by atoms with Gasteiger partial charge in [0.2, 0.25) is 0 Å². The van der Waals surface area contributed by atoms with E-state index in [0.717, 1.165) is 15.6 Å². The fourth-order valence-corrected chi connectivity index (χ4v) is 2.20. The van der Waals surface area contributed by atoms with E-state index in [4.69, 9.17) is 4.74 Å². The first-order valence-corrected chi connectivity index (χ1v) is 6.40. The van der Waals surface area contributed by atoms with E-state index in [1.54, 1.807) is 19.5 Å². The Hall–Kier alpha value is -1.39. The molecule has 0 aliphatic carbocycles. The Labute approximate surface area is 115 Å². The quantitative estimate of drug-likeness (QED) is 0.943. The monoisotopic (exact) mass is 307 g/mol. The summed E-state index contributed by atoms with van der Waals surface area (Å²) in [5.41, 5.74) is 1.82. The molecule has 0 bridgehead atoms. The van der Waals surface area contributed by atoms with Gasteiger partial charge in [0.25, 0.3) is 0 Å². The highest BCUT2D eigenvalue weighted by Crippen LogP contribution is 2.30. The third-order valence-corrected chi connectivity index (χ3v) is 3.22. The van der Waals surface area contributed by atoms with Crippen molar-refractivity contribution in [3.8, 4) is 5.75 Å². The Balaban J connectivity index is 2.23. The van der Waals surface area contributed by atoms with Crippen LogP contribution < -0.4 is 4.74 Å². The van der Waals surface area contributed by atoms with Crippen molar-refractivity contribution in [3.05, 3.63) is 58.3 Å². The van der Waals surface area contributed by atoms with Crippen LogP contribution in [0.5, 0.6) is 5.75 Å². The van der Waals surface area contributed by atoms with Crippen LogP contribution in [0.3, 0.4) is 0 Å². The second-order valence-electron chi connectivity index (χ2n) is 3.96. The maximum atomic E-state index is 10.3. The summed E-state index contributed by atoms with van der Waals surface area (Å²) in [6.45, 7) is 0. The third kappa shape index (κ3) is 3.09.